The number of alkyl halides is 3. The Hall–Kier alpha value is -3.33. The molecule has 15 heteroatoms. The van der Waals surface area contributed by atoms with Gasteiger partial charge in [-0.3, -0.25) is 14.4 Å². The van der Waals surface area contributed by atoms with Gasteiger partial charge in [0.25, 0.3) is 0 Å². The van der Waals surface area contributed by atoms with Gasteiger partial charge in [-0.25, -0.2) is 13.2 Å². The van der Waals surface area contributed by atoms with Crippen LogP contribution in [0.15, 0.2) is 30.5 Å². The summed E-state index contributed by atoms with van der Waals surface area (Å²) in [7, 11) is -3.52. The number of nitrogens with one attached hydrogen (secondary N) is 1. The molecule has 2 aliphatic heterocycles. The predicted octanol–water partition coefficient (Wildman–Crippen LogP) is 1.76. The third kappa shape index (κ3) is 6.75. The number of hydrogen-bond acceptors (Lipinski definition) is 7. The first-order valence-corrected chi connectivity index (χ1v) is 14.0. The lowest BCUT2D eigenvalue weighted by Crippen LogP contribution is -2.49. The summed E-state index contributed by atoms with van der Waals surface area (Å²) in [6.07, 6.45) is -1.33. The van der Waals surface area contributed by atoms with E-state index in [0.717, 1.165) is 17.0 Å². The van der Waals surface area contributed by atoms with Crippen LogP contribution in [-0.2, 0) is 27.5 Å². The summed E-state index contributed by atoms with van der Waals surface area (Å²) in [6.45, 7) is 2.80. The monoisotopic (exact) mass is 557 g/mol. The van der Waals surface area contributed by atoms with Gasteiger partial charge in [0.15, 0.2) is 5.82 Å². The third-order valence-corrected chi connectivity index (χ3v) is 7.31. The van der Waals surface area contributed by atoms with Crippen molar-refractivity contribution in [3.63, 3.8) is 0 Å². The molecule has 11 nitrogen and oxygen atoms in total. The van der Waals surface area contributed by atoms with Crippen LogP contribution >= 0.6 is 0 Å². The molecule has 0 unspecified atom stereocenters. The number of rotatable bonds is 6. The van der Waals surface area contributed by atoms with Crippen molar-refractivity contribution in [1.82, 2.24) is 19.6 Å². The van der Waals surface area contributed by atoms with Crippen molar-refractivity contribution in [3.05, 3.63) is 41.6 Å². The van der Waals surface area contributed by atoms with Crippen molar-refractivity contribution in [2.24, 2.45) is 11.7 Å². The first kappa shape index (κ1) is 27.7. The quantitative estimate of drug-likeness (QED) is 0.553. The molecule has 2 saturated heterocycles. The van der Waals surface area contributed by atoms with Crippen molar-refractivity contribution in [3.8, 4) is 0 Å². The number of anilines is 2. The Balaban J connectivity index is 1.39. The summed E-state index contributed by atoms with van der Waals surface area (Å²) in [5, 5.41) is 3.95. The van der Waals surface area contributed by atoms with E-state index in [1.54, 1.807) is 15.9 Å². The number of primary amides is 1. The molecule has 2 aliphatic rings. The van der Waals surface area contributed by atoms with Crippen LogP contribution < -0.4 is 15.4 Å². The SMILES string of the molecule is CS(=O)(=O)Nc1ccn(C(=O)N2CCN(Cc3ccc(C(F)(F)F)c(N4CCC(C(N)=O)CC4)c3)CC2)n1. The lowest BCUT2D eigenvalue weighted by molar-refractivity contribution is -0.137. The highest BCUT2D eigenvalue weighted by Crippen LogP contribution is 2.38. The molecular weight excluding hydrogens is 527 g/mol. The van der Waals surface area contributed by atoms with Crippen LogP contribution in [0.2, 0.25) is 0 Å². The van der Waals surface area contributed by atoms with E-state index in [0.29, 0.717) is 64.2 Å². The Labute approximate surface area is 218 Å². The van der Waals surface area contributed by atoms with Gasteiger partial charge < -0.3 is 15.5 Å². The number of nitrogens with two attached hydrogens (primary N) is 1. The van der Waals surface area contributed by atoms with Crippen LogP contribution in [0.25, 0.3) is 0 Å². The topological polar surface area (TPSA) is 134 Å². The fourth-order valence-electron chi connectivity index (χ4n) is 4.76. The van der Waals surface area contributed by atoms with Gasteiger partial charge in [-0.2, -0.15) is 17.9 Å². The maximum Gasteiger partial charge on any atom is 0.418 e. The number of benzene rings is 1. The molecule has 4 rings (SSSR count). The summed E-state index contributed by atoms with van der Waals surface area (Å²) in [4.78, 5) is 29.5. The van der Waals surface area contributed by atoms with Crippen LogP contribution in [0.4, 0.5) is 29.5 Å². The minimum atomic E-state index is -4.51. The molecule has 0 aliphatic carbocycles. The minimum absolute atomic E-state index is 0.0384. The average Bonchev–Trinajstić information content (AvgIpc) is 3.30. The molecule has 208 valence electrons. The maximum absolute atomic E-state index is 13.8. The predicted molar refractivity (Wildman–Crippen MR) is 134 cm³/mol. The Morgan fingerprint density at radius 1 is 1.08 bits per heavy atom. The van der Waals surface area contributed by atoms with Crippen LogP contribution in [0.5, 0.6) is 0 Å². The van der Waals surface area contributed by atoms with Crippen LogP contribution in [0.1, 0.15) is 24.0 Å². The summed E-state index contributed by atoms with van der Waals surface area (Å²) in [6, 6.07) is 5.12. The molecule has 3 N–H and O–H groups in total. The van der Waals surface area contributed by atoms with E-state index in [1.807, 2.05) is 0 Å². The van der Waals surface area contributed by atoms with E-state index in [2.05, 4.69) is 14.7 Å². The van der Waals surface area contributed by atoms with Gasteiger partial charge in [-0.1, -0.05) is 6.07 Å². The van der Waals surface area contributed by atoms with Crippen LogP contribution in [0, 0.1) is 5.92 Å². The summed E-state index contributed by atoms with van der Waals surface area (Å²) < 4.78 is 67.2. The van der Waals surface area contributed by atoms with Gasteiger partial charge in [-0.05, 0) is 30.5 Å². The second-order valence-electron chi connectivity index (χ2n) is 9.58. The number of piperazine rings is 1. The fourth-order valence-corrected chi connectivity index (χ4v) is 5.25. The van der Waals surface area contributed by atoms with Crippen molar-refractivity contribution in [2.75, 3.05) is 55.1 Å². The highest BCUT2D eigenvalue weighted by Gasteiger charge is 2.36. The molecule has 38 heavy (non-hydrogen) atoms. The van der Waals surface area contributed by atoms with E-state index in [9.17, 15) is 31.2 Å². The normalized spacial score (nSPS) is 18.0. The maximum atomic E-state index is 13.8. The van der Waals surface area contributed by atoms with E-state index >= 15 is 0 Å². The van der Waals surface area contributed by atoms with Gasteiger partial charge in [0.2, 0.25) is 15.9 Å². The minimum Gasteiger partial charge on any atom is -0.371 e. The number of sulfonamides is 1. The number of hydrogen-bond donors (Lipinski definition) is 2. The zero-order chi connectivity index (χ0) is 27.7. The van der Waals surface area contributed by atoms with Crippen molar-refractivity contribution >= 4 is 33.5 Å². The molecular formula is C23H30F3N7O4S. The zero-order valence-electron chi connectivity index (χ0n) is 20.8. The molecule has 2 amide bonds. The highest BCUT2D eigenvalue weighted by molar-refractivity contribution is 7.92. The number of carbonyl (C=O) groups excluding carboxylic acids is 2. The number of halogens is 3. The van der Waals surface area contributed by atoms with E-state index in [-0.39, 0.29) is 17.4 Å². The van der Waals surface area contributed by atoms with Gasteiger partial charge in [0, 0.05) is 69.7 Å². The fraction of sp³-hybridized carbons (Fsp3) is 0.522. The van der Waals surface area contributed by atoms with Gasteiger partial charge in [0.1, 0.15) is 0 Å². The summed E-state index contributed by atoms with van der Waals surface area (Å²) >= 11 is 0. The van der Waals surface area contributed by atoms with Crippen molar-refractivity contribution in [1.29, 1.82) is 0 Å². The van der Waals surface area contributed by atoms with E-state index in [1.165, 1.54) is 18.3 Å². The molecule has 0 saturated carbocycles. The summed E-state index contributed by atoms with van der Waals surface area (Å²) in [5.74, 6) is -0.714. The molecule has 0 spiro atoms. The molecule has 0 bridgehead atoms. The Morgan fingerprint density at radius 3 is 2.32 bits per heavy atom. The number of piperidine rings is 1. The summed E-state index contributed by atoms with van der Waals surface area (Å²) in [5.41, 5.74) is 5.47. The van der Waals surface area contributed by atoms with Gasteiger partial charge >= 0.3 is 12.2 Å². The lowest BCUT2D eigenvalue weighted by Gasteiger charge is -2.36. The number of carbonyl (C=O) groups is 2. The van der Waals surface area contributed by atoms with E-state index < -0.39 is 33.7 Å². The smallest absolute Gasteiger partial charge is 0.371 e. The second-order valence-corrected chi connectivity index (χ2v) is 11.3. The molecule has 2 aromatic rings. The third-order valence-electron chi connectivity index (χ3n) is 6.73. The molecule has 0 radical (unpaired) electrons. The van der Waals surface area contributed by atoms with Crippen molar-refractivity contribution in [2.45, 2.75) is 25.6 Å². The molecule has 2 fully saturated rings. The largest absolute Gasteiger partial charge is 0.418 e. The first-order valence-electron chi connectivity index (χ1n) is 12.1. The molecule has 1 aromatic heterocycles. The van der Waals surface area contributed by atoms with Crippen LogP contribution in [-0.4, -0.2) is 85.5 Å². The number of nitrogens with zero attached hydrogens (tertiary/aromatic N) is 5. The molecule has 0 atom stereocenters. The highest BCUT2D eigenvalue weighted by atomic mass is 32.2. The molecule has 3 heterocycles. The van der Waals surface area contributed by atoms with Crippen LogP contribution in [0.3, 0.4) is 0 Å². The van der Waals surface area contributed by atoms with Gasteiger partial charge in [-0.15, -0.1) is 5.10 Å². The number of aromatic nitrogens is 2. The second kappa shape index (κ2) is 10.8. The average molecular weight is 558 g/mol. The van der Waals surface area contributed by atoms with Crippen molar-refractivity contribution < 1.29 is 31.2 Å². The molecule has 1 aromatic carbocycles. The van der Waals surface area contributed by atoms with Gasteiger partial charge in [0.05, 0.1) is 11.8 Å². The Kier molecular flexibility index (Phi) is 7.88. The first-order chi connectivity index (χ1) is 17.8. The Morgan fingerprint density at radius 2 is 1.74 bits per heavy atom. The lowest BCUT2D eigenvalue weighted by atomic mass is 9.95. The van der Waals surface area contributed by atoms with E-state index in [4.69, 9.17) is 5.73 Å². The zero-order valence-corrected chi connectivity index (χ0v) is 21.6. The Bertz CT molecular complexity index is 1280. The number of amides is 2. The standard InChI is InChI=1S/C23H30F3N7O4S/c1-38(36,37)29-20-6-9-33(28-20)22(35)32-12-10-30(11-13-32)15-16-2-3-18(23(24,25)26)19(14-16)31-7-4-17(5-8-31)21(27)34/h2-3,6,9,14,17H,4-5,7-8,10-13,15H2,1H3,(H2,27,34)(H,28,29).